The summed E-state index contributed by atoms with van der Waals surface area (Å²) in [7, 11) is 0. The van der Waals surface area contributed by atoms with Crippen molar-refractivity contribution in [3.63, 3.8) is 0 Å². The number of thioether (sulfide) groups is 1. The molecule has 1 amide bonds. The number of rotatable bonds is 7. The molecule has 1 fully saturated rings. The van der Waals surface area contributed by atoms with Crippen LogP contribution in [0.25, 0.3) is 16.8 Å². The molecule has 1 aliphatic heterocycles. The summed E-state index contributed by atoms with van der Waals surface area (Å²) >= 11 is 1.21. The molecular weight excluding hydrogens is 496 g/mol. The maximum absolute atomic E-state index is 12.9. The highest BCUT2D eigenvalue weighted by atomic mass is 32.2. The number of nitrogens with one attached hydrogen (secondary N) is 1. The molecule has 5 rings (SSSR count). The van der Waals surface area contributed by atoms with Crippen molar-refractivity contribution in [3.05, 3.63) is 112 Å². The van der Waals surface area contributed by atoms with Crippen LogP contribution in [0.3, 0.4) is 0 Å². The van der Waals surface area contributed by atoms with Gasteiger partial charge >= 0.3 is 5.97 Å². The number of amidine groups is 1. The summed E-state index contributed by atoms with van der Waals surface area (Å²) in [5.41, 5.74) is 4.13. The number of para-hydroxylation sites is 1. The minimum atomic E-state index is -0.934. The maximum Gasteiger partial charge on any atom is 0.310 e. The lowest BCUT2D eigenvalue weighted by atomic mass is 10.00. The van der Waals surface area contributed by atoms with Crippen LogP contribution in [0.2, 0.25) is 0 Å². The van der Waals surface area contributed by atoms with Crippen molar-refractivity contribution in [1.29, 1.82) is 0 Å². The Kier molecular flexibility index (Phi) is 7.29. The van der Waals surface area contributed by atoms with E-state index >= 15 is 0 Å². The summed E-state index contributed by atoms with van der Waals surface area (Å²) in [5, 5.41) is 14.7. The number of hydrogen-bond donors (Lipinski definition) is 2. The number of carboxylic acid groups (broad SMARTS) is 1. The van der Waals surface area contributed by atoms with Crippen LogP contribution in [0.4, 0.5) is 5.69 Å². The molecule has 1 atom stereocenters. The lowest BCUT2D eigenvalue weighted by molar-refractivity contribution is -0.138. The van der Waals surface area contributed by atoms with Crippen molar-refractivity contribution < 1.29 is 19.4 Å². The fraction of sp³-hybridized carbons (Fsp3) is 0.129. The van der Waals surface area contributed by atoms with Gasteiger partial charge in [0.2, 0.25) is 0 Å². The van der Waals surface area contributed by atoms with E-state index in [9.17, 15) is 14.7 Å². The van der Waals surface area contributed by atoms with E-state index < -0.39 is 11.9 Å². The van der Waals surface area contributed by atoms with Gasteiger partial charge < -0.3 is 15.2 Å². The molecule has 0 radical (unpaired) electrons. The molecule has 4 aromatic carbocycles. The minimum absolute atomic E-state index is 0.268. The first-order valence-electron chi connectivity index (χ1n) is 12.2. The molecule has 0 bridgehead atoms. The van der Waals surface area contributed by atoms with E-state index in [1.165, 1.54) is 17.3 Å². The Balaban J connectivity index is 1.46. The number of aliphatic imine (C=N–C) groups is 1. The quantitative estimate of drug-likeness (QED) is 0.261. The van der Waals surface area contributed by atoms with Gasteiger partial charge in [-0.05, 0) is 71.8 Å². The van der Waals surface area contributed by atoms with Crippen molar-refractivity contribution in [2.24, 2.45) is 4.99 Å². The Labute approximate surface area is 225 Å². The number of carbonyl (C=O) groups is 2. The molecule has 1 aliphatic rings. The van der Waals surface area contributed by atoms with E-state index in [-0.39, 0.29) is 5.91 Å². The van der Waals surface area contributed by atoms with Crippen LogP contribution in [0.1, 0.15) is 35.1 Å². The van der Waals surface area contributed by atoms with Crippen LogP contribution in [0.15, 0.2) is 94.8 Å². The average molecular weight is 523 g/mol. The Hall–Kier alpha value is -4.36. The fourth-order valence-electron chi connectivity index (χ4n) is 4.14. The highest BCUT2D eigenvalue weighted by Gasteiger charge is 2.25. The number of benzene rings is 4. The second-order valence-corrected chi connectivity index (χ2v) is 10.1. The number of nitrogens with zero attached hydrogens (tertiary/aromatic N) is 1. The van der Waals surface area contributed by atoms with Crippen molar-refractivity contribution in [2.45, 2.75) is 26.4 Å². The van der Waals surface area contributed by atoms with E-state index in [0.717, 1.165) is 21.9 Å². The van der Waals surface area contributed by atoms with Gasteiger partial charge in [-0.1, -0.05) is 72.3 Å². The number of fused-ring (bicyclic) bond motifs is 1. The van der Waals surface area contributed by atoms with E-state index in [2.05, 4.69) is 22.4 Å². The Morgan fingerprint density at radius 2 is 1.71 bits per heavy atom. The van der Waals surface area contributed by atoms with Gasteiger partial charge in [0, 0.05) is 5.56 Å². The van der Waals surface area contributed by atoms with Crippen LogP contribution >= 0.6 is 11.8 Å². The molecule has 2 N–H and O–H groups in total. The van der Waals surface area contributed by atoms with Crippen molar-refractivity contribution in [1.82, 2.24) is 5.32 Å². The molecule has 6 nitrogen and oxygen atoms in total. The first-order chi connectivity index (χ1) is 18.4. The summed E-state index contributed by atoms with van der Waals surface area (Å²) < 4.78 is 6.23. The van der Waals surface area contributed by atoms with Crippen LogP contribution in [-0.2, 0) is 16.2 Å². The third-order valence-corrected chi connectivity index (χ3v) is 7.24. The predicted octanol–water partition coefficient (Wildman–Crippen LogP) is 6.81. The normalized spacial score (nSPS) is 16.1. The number of hydrogen-bond acceptors (Lipinski definition) is 5. The van der Waals surface area contributed by atoms with Crippen molar-refractivity contribution in [3.8, 4) is 5.75 Å². The Morgan fingerprint density at radius 3 is 2.45 bits per heavy atom. The predicted molar refractivity (Wildman–Crippen MR) is 153 cm³/mol. The number of aliphatic carboxylic acids is 1. The third-order valence-electron chi connectivity index (χ3n) is 6.33. The average Bonchev–Trinajstić information content (AvgIpc) is 3.26. The van der Waals surface area contributed by atoms with Gasteiger partial charge in [0.25, 0.3) is 5.91 Å². The smallest absolute Gasteiger partial charge is 0.310 e. The molecule has 1 heterocycles. The van der Waals surface area contributed by atoms with E-state index in [1.54, 1.807) is 31.2 Å². The topological polar surface area (TPSA) is 88.0 Å². The van der Waals surface area contributed by atoms with Gasteiger partial charge in [0.1, 0.15) is 12.4 Å². The summed E-state index contributed by atoms with van der Waals surface area (Å²) in [6.07, 6.45) is 1.81. The molecule has 0 aliphatic carbocycles. The van der Waals surface area contributed by atoms with Gasteiger partial charge in [-0.3, -0.25) is 9.59 Å². The number of carboxylic acids is 1. The van der Waals surface area contributed by atoms with Crippen molar-refractivity contribution >= 4 is 51.3 Å². The van der Waals surface area contributed by atoms with Gasteiger partial charge in [-0.15, -0.1) is 0 Å². The van der Waals surface area contributed by atoms with Gasteiger partial charge in [-0.25, -0.2) is 4.99 Å². The summed E-state index contributed by atoms with van der Waals surface area (Å²) in [6, 6.07) is 27.3. The second-order valence-electron chi connectivity index (χ2n) is 9.11. The monoisotopic (exact) mass is 522 g/mol. The number of carbonyl (C=O) groups excluding carboxylic acids is 1. The summed E-state index contributed by atoms with van der Waals surface area (Å²) in [6.45, 7) is 4.07. The minimum Gasteiger partial charge on any atom is -0.488 e. The molecule has 1 unspecified atom stereocenters. The van der Waals surface area contributed by atoms with Crippen molar-refractivity contribution in [2.75, 3.05) is 0 Å². The number of amides is 1. The van der Waals surface area contributed by atoms with Gasteiger partial charge in [0.05, 0.1) is 16.5 Å². The molecule has 0 spiro atoms. The number of ether oxygens (including phenoxy) is 1. The zero-order valence-corrected chi connectivity index (χ0v) is 21.8. The fourth-order valence-corrected chi connectivity index (χ4v) is 4.97. The molecule has 4 aromatic rings. The van der Waals surface area contributed by atoms with Gasteiger partial charge in [-0.2, -0.15) is 0 Å². The largest absolute Gasteiger partial charge is 0.488 e. The zero-order chi connectivity index (χ0) is 26.6. The first-order valence-corrected chi connectivity index (χ1v) is 13.0. The summed E-state index contributed by atoms with van der Waals surface area (Å²) in [4.78, 5) is 29.5. The second kappa shape index (κ2) is 10.9. The third kappa shape index (κ3) is 5.63. The highest BCUT2D eigenvalue weighted by Crippen LogP contribution is 2.35. The SMILES string of the molecule is Cc1ccc(COc2cc3ccccc3cc2C=C2SC(=Nc3ccccc3C(C)C(=O)O)NC2=O)cc1. The Bertz CT molecular complexity index is 1590. The standard InChI is InChI=1S/C31H26N2O4S/c1-19-11-13-21(14-12-19)18-37-27-16-23-8-4-3-7-22(23)15-24(27)17-28-29(34)33-31(38-28)32-26-10-6-5-9-25(26)20(2)30(35)36/h3-17,20H,18H2,1-2H3,(H,35,36)(H,32,33,34). The summed E-state index contributed by atoms with van der Waals surface area (Å²) in [5.74, 6) is -1.25. The van der Waals surface area contributed by atoms with E-state index in [1.807, 2.05) is 61.5 Å². The molecule has 0 saturated carbocycles. The molecule has 38 heavy (non-hydrogen) atoms. The van der Waals surface area contributed by atoms with Crippen LogP contribution < -0.4 is 10.1 Å². The van der Waals surface area contributed by atoms with Crippen LogP contribution in [0.5, 0.6) is 5.75 Å². The lowest BCUT2D eigenvalue weighted by Gasteiger charge is -2.12. The molecule has 7 heteroatoms. The van der Waals surface area contributed by atoms with Crippen LogP contribution in [0, 0.1) is 6.92 Å². The van der Waals surface area contributed by atoms with E-state index in [0.29, 0.717) is 33.7 Å². The van der Waals surface area contributed by atoms with E-state index in [4.69, 9.17) is 4.74 Å². The highest BCUT2D eigenvalue weighted by molar-refractivity contribution is 8.18. The zero-order valence-electron chi connectivity index (χ0n) is 21.0. The maximum atomic E-state index is 12.9. The first kappa shape index (κ1) is 25.3. The van der Waals surface area contributed by atoms with Gasteiger partial charge in [0.15, 0.2) is 5.17 Å². The van der Waals surface area contributed by atoms with Crippen LogP contribution in [-0.4, -0.2) is 22.2 Å². The molecule has 0 aromatic heterocycles. The Morgan fingerprint density at radius 1 is 1.03 bits per heavy atom. The lowest BCUT2D eigenvalue weighted by Crippen LogP contribution is -2.19. The molecular formula is C31H26N2O4S. The molecule has 190 valence electrons. The molecule has 1 saturated heterocycles. The number of aryl methyl sites for hydroxylation is 1.